The quantitative estimate of drug-likeness (QED) is 0.238. The van der Waals surface area contributed by atoms with Crippen LogP contribution in [-0.2, 0) is 5.66 Å². The lowest BCUT2D eigenvalue weighted by atomic mass is 9.84. The van der Waals surface area contributed by atoms with Crippen molar-refractivity contribution in [1.82, 2.24) is 13.6 Å². The lowest BCUT2D eigenvalue weighted by Gasteiger charge is -2.32. The largest absolute Gasteiger partial charge is 0.456 e. The minimum absolute atomic E-state index is 0.661. The molecule has 0 N–H and O–H groups in total. The molecule has 0 aliphatic carbocycles. The second kappa shape index (κ2) is 6.57. The predicted molar refractivity (Wildman–Crippen MR) is 155 cm³/mol. The fourth-order valence-electron chi connectivity index (χ4n) is 7.84. The first kappa shape index (κ1) is 20.3. The SMILES string of the molecule is c1cc2c3c(c1)-n1cc(-c4ccc5ccccn45)c[n+]1C31c3c(ccc4c5ccccc5n(c34)-c3cccc[n+]31)O2. The zero-order valence-corrected chi connectivity index (χ0v) is 21.8. The van der Waals surface area contributed by atoms with Crippen molar-refractivity contribution in [1.29, 1.82) is 0 Å². The molecule has 1 atom stereocenters. The van der Waals surface area contributed by atoms with E-state index >= 15 is 0 Å². The molecule has 3 aliphatic rings. The molecule has 0 saturated heterocycles. The van der Waals surface area contributed by atoms with Crippen LogP contribution in [0.15, 0.2) is 128 Å². The number of pyridine rings is 2. The van der Waals surface area contributed by atoms with Gasteiger partial charge < -0.3 is 9.14 Å². The summed E-state index contributed by atoms with van der Waals surface area (Å²) in [5.41, 5.74) is 8.71. The summed E-state index contributed by atoms with van der Waals surface area (Å²) in [4.78, 5) is 0. The van der Waals surface area contributed by atoms with Gasteiger partial charge in [0.1, 0.15) is 28.3 Å². The van der Waals surface area contributed by atoms with Gasteiger partial charge in [-0.2, -0.15) is 9.13 Å². The van der Waals surface area contributed by atoms with Crippen molar-refractivity contribution < 1.29 is 14.0 Å². The number of nitrogens with zero attached hydrogens (tertiary/aromatic N) is 5. The maximum absolute atomic E-state index is 6.75. The van der Waals surface area contributed by atoms with E-state index in [4.69, 9.17) is 4.74 Å². The van der Waals surface area contributed by atoms with Gasteiger partial charge in [-0.1, -0.05) is 35.0 Å². The van der Waals surface area contributed by atoms with E-state index in [1.165, 1.54) is 38.4 Å². The van der Waals surface area contributed by atoms with Crippen LogP contribution in [-0.4, -0.2) is 13.6 Å². The van der Waals surface area contributed by atoms with Gasteiger partial charge in [0.05, 0.1) is 23.7 Å². The number of rotatable bonds is 1. The molecule has 5 aromatic heterocycles. The van der Waals surface area contributed by atoms with E-state index in [9.17, 15) is 0 Å². The van der Waals surface area contributed by atoms with E-state index in [2.05, 4.69) is 151 Å². The van der Waals surface area contributed by atoms with Crippen LogP contribution in [0.4, 0.5) is 0 Å². The summed E-state index contributed by atoms with van der Waals surface area (Å²) in [5, 5.41) is 2.48. The van der Waals surface area contributed by atoms with Gasteiger partial charge in [-0.05, 0) is 66.7 Å². The number of aromatic nitrogens is 5. The number of hydrogen-bond donors (Lipinski definition) is 0. The fourth-order valence-corrected chi connectivity index (χ4v) is 7.84. The molecule has 3 aliphatic heterocycles. The monoisotopic (exact) mass is 527 g/mol. The minimum Gasteiger partial charge on any atom is -0.456 e. The van der Waals surface area contributed by atoms with Gasteiger partial charge in [-0.25, -0.2) is 0 Å². The Hall–Kier alpha value is -5.62. The molecule has 0 fully saturated rings. The average Bonchev–Trinajstić information content (AvgIpc) is 3.78. The highest BCUT2D eigenvalue weighted by Crippen LogP contribution is 2.55. The normalized spacial score (nSPS) is 17.1. The van der Waals surface area contributed by atoms with Crippen molar-refractivity contribution in [2.24, 2.45) is 0 Å². The smallest absolute Gasteiger partial charge is 0.397 e. The summed E-state index contributed by atoms with van der Waals surface area (Å²) in [5.74, 6) is 2.92. The lowest BCUT2D eigenvalue weighted by Crippen LogP contribution is -2.76. The number of hydrogen-bond acceptors (Lipinski definition) is 1. The highest BCUT2D eigenvalue weighted by Gasteiger charge is 2.68. The molecule has 1 unspecified atom stereocenters. The predicted octanol–water partition coefficient (Wildman–Crippen LogP) is 6.10. The van der Waals surface area contributed by atoms with Crippen molar-refractivity contribution in [3.8, 4) is 34.3 Å². The zero-order chi connectivity index (χ0) is 26.4. The Balaban J connectivity index is 1.36. The molecular weight excluding hydrogens is 506 g/mol. The summed E-state index contributed by atoms with van der Waals surface area (Å²) in [7, 11) is 0. The second-order valence-corrected chi connectivity index (χ2v) is 11.2. The van der Waals surface area contributed by atoms with E-state index in [1.807, 2.05) is 0 Å². The van der Waals surface area contributed by atoms with Crippen LogP contribution in [0.3, 0.4) is 0 Å². The van der Waals surface area contributed by atoms with E-state index in [0.29, 0.717) is 0 Å². The van der Waals surface area contributed by atoms with Crippen molar-refractivity contribution in [2.45, 2.75) is 5.66 Å². The van der Waals surface area contributed by atoms with Gasteiger partial charge in [0, 0.05) is 28.6 Å². The second-order valence-electron chi connectivity index (χ2n) is 11.2. The van der Waals surface area contributed by atoms with Gasteiger partial charge in [-0.3, -0.25) is 0 Å². The first-order chi connectivity index (χ1) is 20.3. The standard InChI is InChI=1S/C35H21N5O/c1-2-10-27-24(9-1)25-15-17-30-33-34(25)40(27)31-13-4-6-19-37(31)35(33)32-28(11-7-12-29(32)41-30)38-20-22(21-39(35)38)26-16-14-23-8-3-5-18-36(23)26/h1-21H/q+2. The Morgan fingerprint density at radius 2 is 1.61 bits per heavy atom. The molecule has 8 heterocycles. The summed E-state index contributed by atoms with van der Waals surface area (Å²) >= 11 is 0. The van der Waals surface area contributed by atoms with E-state index in [0.717, 1.165) is 34.3 Å². The number of fused-ring (bicyclic) bond motifs is 8. The van der Waals surface area contributed by atoms with Crippen LogP contribution in [0.2, 0.25) is 0 Å². The van der Waals surface area contributed by atoms with Crippen LogP contribution in [0.5, 0.6) is 11.5 Å². The van der Waals surface area contributed by atoms with Crippen molar-refractivity contribution >= 4 is 27.3 Å². The molecule has 6 nitrogen and oxygen atoms in total. The first-order valence-electron chi connectivity index (χ1n) is 14.0. The molecule has 0 saturated carbocycles. The fraction of sp³-hybridized carbons (Fsp3) is 0.0286. The summed E-state index contributed by atoms with van der Waals surface area (Å²) < 4.78 is 18.6. The van der Waals surface area contributed by atoms with E-state index in [1.54, 1.807) is 0 Å². The maximum atomic E-state index is 6.75. The molecule has 0 bridgehead atoms. The van der Waals surface area contributed by atoms with Crippen LogP contribution in [0.1, 0.15) is 11.1 Å². The molecular formula is C35H21N5O+2. The van der Waals surface area contributed by atoms with E-state index in [-0.39, 0.29) is 0 Å². The van der Waals surface area contributed by atoms with Crippen molar-refractivity contribution in [3.05, 3.63) is 139 Å². The molecule has 6 heteroatoms. The molecule has 0 amide bonds. The third-order valence-corrected chi connectivity index (χ3v) is 9.33. The summed E-state index contributed by atoms with van der Waals surface area (Å²) in [6.07, 6.45) is 8.95. The highest BCUT2D eigenvalue weighted by atomic mass is 16.5. The molecule has 3 aromatic carbocycles. The topological polar surface area (TPSA) is 31.3 Å². The van der Waals surface area contributed by atoms with Crippen LogP contribution >= 0.6 is 0 Å². The van der Waals surface area contributed by atoms with Crippen LogP contribution < -0.4 is 14.0 Å². The van der Waals surface area contributed by atoms with E-state index < -0.39 is 5.66 Å². The molecule has 41 heavy (non-hydrogen) atoms. The Labute approximate surface area is 233 Å². The molecule has 190 valence electrons. The third-order valence-electron chi connectivity index (χ3n) is 9.33. The first-order valence-corrected chi connectivity index (χ1v) is 14.0. The van der Waals surface area contributed by atoms with Crippen molar-refractivity contribution in [2.75, 3.05) is 0 Å². The Kier molecular flexibility index (Phi) is 3.25. The Morgan fingerprint density at radius 1 is 0.707 bits per heavy atom. The maximum Gasteiger partial charge on any atom is 0.397 e. The lowest BCUT2D eigenvalue weighted by molar-refractivity contribution is -0.993. The molecule has 0 radical (unpaired) electrons. The van der Waals surface area contributed by atoms with Gasteiger partial charge in [-0.15, -0.1) is 4.68 Å². The zero-order valence-electron chi connectivity index (χ0n) is 21.8. The average molecular weight is 528 g/mol. The van der Waals surface area contributed by atoms with Crippen LogP contribution in [0.25, 0.3) is 50.1 Å². The highest BCUT2D eigenvalue weighted by molar-refractivity contribution is 6.11. The number of para-hydroxylation sites is 1. The Morgan fingerprint density at radius 3 is 2.61 bits per heavy atom. The number of benzene rings is 3. The summed E-state index contributed by atoms with van der Waals surface area (Å²) in [6.45, 7) is 0. The van der Waals surface area contributed by atoms with Gasteiger partial charge in [0.25, 0.3) is 5.82 Å². The minimum atomic E-state index is -0.661. The molecule has 8 aromatic rings. The van der Waals surface area contributed by atoms with Crippen molar-refractivity contribution in [3.63, 3.8) is 0 Å². The molecule has 11 rings (SSSR count). The third kappa shape index (κ3) is 2.09. The van der Waals surface area contributed by atoms with Gasteiger partial charge >= 0.3 is 5.66 Å². The van der Waals surface area contributed by atoms with Gasteiger partial charge in [0.2, 0.25) is 6.20 Å². The Bertz CT molecular complexity index is 2480. The summed E-state index contributed by atoms with van der Waals surface area (Å²) in [6, 6.07) is 36.8. The van der Waals surface area contributed by atoms with Gasteiger partial charge in [0.15, 0.2) is 11.1 Å². The van der Waals surface area contributed by atoms with Crippen LogP contribution in [0, 0.1) is 0 Å². The molecule has 1 spiro atoms. The number of ether oxygens (including phenoxy) is 1.